The Bertz CT molecular complexity index is 474. The zero-order chi connectivity index (χ0) is 15.8. The predicted octanol–water partition coefficient (Wildman–Crippen LogP) is 0.116. The number of rotatable bonds is 8. The number of amides is 1. The quantitative estimate of drug-likeness (QED) is 0.543. The zero-order valence-electron chi connectivity index (χ0n) is 12.2. The van der Waals surface area contributed by atoms with Crippen molar-refractivity contribution in [2.75, 3.05) is 37.5 Å². The third-order valence-electron chi connectivity index (χ3n) is 2.86. The van der Waals surface area contributed by atoms with Gasteiger partial charge >= 0.3 is 5.97 Å². The van der Waals surface area contributed by atoms with Crippen molar-refractivity contribution >= 4 is 23.3 Å². The number of carboxylic acid groups (broad SMARTS) is 1. The first kappa shape index (κ1) is 16.9. The topological polar surface area (TPSA) is 102 Å². The van der Waals surface area contributed by atoms with Crippen LogP contribution in [0.4, 0.5) is 11.4 Å². The number of anilines is 2. The maximum atomic E-state index is 11.8. The lowest BCUT2D eigenvalue weighted by molar-refractivity contribution is -0.141. The zero-order valence-corrected chi connectivity index (χ0v) is 12.2. The van der Waals surface area contributed by atoms with E-state index >= 15 is 0 Å². The molecule has 116 valence electrons. The van der Waals surface area contributed by atoms with E-state index in [1.165, 1.54) is 0 Å². The van der Waals surface area contributed by atoms with Gasteiger partial charge in [-0.2, -0.15) is 0 Å². The van der Waals surface area contributed by atoms with E-state index in [2.05, 4.69) is 10.6 Å². The number of nitrogens with zero attached hydrogens (tertiary/aromatic N) is 1. The summed E-state index contributed by atoms with van der Waals surface area (Å²) in [5.41, 5.74) is 1.61. The van der Waals surface area contributed by atoms with Crippen LogP contribution in [0.3, 0.4) is 0 Å². The number of aliphatic hydroxyl groups excluding tert-OH is 1. The molecule has 1 aromatic carbocycles. The van der Waals surface area contributed by atoms with Gasteiger partial charge in [-0.05, 0) is 24.3 Å². The molecular formula is C14H21N3O4. The number of hydrogen-bond donors (Lipinski definition) is 4. The van der Waals surface area contributed by atoms with E-state index in [4.69, 9.17) is 10.2 Å². The first-order chi connectivity index (χ1) is 9.93. The van der Waals surface area contributed by atoms with E-state index in [9.17, 15) is 9.59 Å². The molecule has 4 N–H and O–H groups in total. The van der Waals surface area contributed by atoms with Gasteiger partial charge in [-0.15, -0.1) is 0 Å². The molecule has 21 heavy (non-hydrogen) atoms. The molecule has 0 fully saturated rings. The Morgan fingerprint density at radius 1 is 1.24 bits per heavy atom. The van der Waals surface area contributed by atoms with Gasteiger partial charge in [-0.3, -0.25) is 9.59 Å². The molecule has 0 bridgehead atoms. The van der Waals surface area contributed by atoms with Crippen LogP contribution in [0, 0.1) is 0 Å². The minimum Gasteiger partial charge on any atom is -0.480 e. The Kier molecular flexibility index (Phi) is 6.64. The Hall–Kier alpha value is -2.12. The Morgan fingerprint density at radius 3 is 2.33 bits per heavy atom. The van der Waals surface area contributed by atoms with Gasteiger partial charge in [-0.25, -0.2) is 0 Å². The van der Waals surface area contributed by atoms with Crippen molar-refractivity contribution in [2.45, 2.75) is 12.5 Å². The fourth-order valence-corrected chi connectivity index (χ4v) is 1.73. The Labute approximate surface area is 123 Å². The van der Waals surface area contributed by atoms with Gasteiger partial charge in [-0.1, -0.05) is 0 Å². The molecule has 1 rings (SSSR count). The molecule has 1 amide bonds. The molecule has 0 aliphatic carbocycles. The lowest BCUT2D eigenvalue weighted by Crippen LogP contribution is -2.41. The molecular weight excluding hydrogens is 274 g/mol. The molecule has 0 saturated carbocycles. The van der Waals surface area contributed by atoms with Crippen molar-refractivity contribution in [2.24, 2.45) is 0 Å². The van der Waals surface area contributed by atoms with Gasteiger partial charge in [0.15, 0.2) is 0 Å². The molecule has 1 aromatic rings. The number of carboxylic acids is 1. The van der Waals surface area contributed by atoms with Crippen molar-refractivity contribution in [3.05, 3.63) is 24.3 Å². The number of carbonyl (C=O) groups is 2. The maximum absolute atomic E-state index is 11.8. The van der Waals surface area contributed by atoms with E-state index in [1.807, 2.05) is 31.1 Å². The van der Waals surface area contributed by atoms with Crippen molar-refractivity contribution in [1.29, 1.82) is 0 Å². The van der Waals surface area contributed by atoms with E-state index in [-0.39, 0.29) is 19.6 Å². The smallest absolute Gasteiger partial charge is 0.321 e. The number of aliphatic hydroxyl groups is 1. The van der Waals surface area contributed by atoms with Crippen LogP contribution in [0.5, 0.6) is 0 Å². The normalized spacial score (nSPS) is 11.8. The van der Waals surface area contributed by atoms with E-state index in [1.54, 1.807) is 12.1 Å². The summed E-state index contributed by atoms with van der Waals surface area (Å²) in [7, 11) is 3.83. The van der Waals surface area contributed by atoms with Gasteiger partial charge in [0.05, 0.1) is 13.0 Å². The van der Waals surface area contributed by atoms with Crippen LogP contribution in [-0.2, 0) is 9.59 Å². The lowest BCUT2D eigenvalue weighted by Gasteiger charge is -2.15. The molecule has 0 aromatic heterocycles. The minimum absolute atomic E-state index is 0.127. The highest BCUT2D eigenvalue weighted by Gasteiger charge is 2.20. The van der Waals surface area contributed by atoms with Crippen LogP contribution in [0.2, 0.25) is 0 Å². The van der Waals surface area contributed by atoms with Gasteiger partial charge in [0.1, 0.15) is 6.04 Å². The maximum Gasteiger partial charge on any atom is 0.321 e. The second-order valence-corrected chi connectivity index (χ2v) is 4.76. The van der Waals surface area contributed by atoms with Crippen LogP contribution in [0.15, 0.2) is 24.3 Å². The van der Waals surface area contributed by atoms with Crippen molar-refractivity contribution in [3.8, 4) is 0 Å². The van der Waals surface area contributed by atoms with E-state index in [0.717, 1.165) is 5.69 Å². The molecule has 0 spiro atoms. The van der Waals surface area contributed by atoms with Crippen molar-refractivity contribution in [1.82, 2.24) is 5.32 Å². The largest absolute Gasteiger partial charge is 0.480 e. The second-order valence-electron chi connectivity index (χ2n) is 4.76. The molecule has 7 nitrogen and oxygen atoms in total. The summed E-state index contributed by atoms with van der Waals surface area (Å²) in [6, 6.07) is 6.20. The number of benzene rings is 1. The van der Waals surface area contributed by atoms with Crippen LogP contribution < -0.4 is 15.5 Å². The number of nitrogens with one attached hydrogen (secondary N) is 2. The summed E-state index contributed by atoms with van der Waals surface area (Å²) in [6.45, 7) is -0.0564. The molecule has 1 atom stereocenters. The van der Waals surface area contributed by atoms with Gasteiger partial charge in [0.2, 0.25) is 5.91 Å². The molecule has 0 unspecified atom stereocenters. The average molecular weight is 295 g/mol. The highest BCUT2D eigenvalue weighted by Crippen LogP contribution is 2.15. The first-order valence-corrected chi connectivity index (χ1v) is 6.58. The van der Waals surface area contributed by atoms with Crippen LogP contribution in [-0.4, -0.2) is 55.4 Å². The summed E-state index contributed by atoms with van der Waals surface area (Å²) < 4.78 is 0. The standard InChI is InChI=1S/C14H21N3O4/c1-17(2)11-5-3-10(4-6-11)16-13(19)9-12(14(20)21)15-7-8-18/h3-6,12,15,18H,7-9H2,1-2H3,(H,16,19)(H,20,21)/t12-/m1/s1. The molecule has 0 saturated heterocycles. The molecule has 7 heteroatoms. The SMILES string of the molecule is CN(C)c1ccc(NC(=O)C[C@@H](NCCO)C(=O)O)cc1. The monoisotopic (exact) mass is 295 g/mol. The Balaban J connectivity index is 2.57. The number of carbonyl (C=O) groups excluding carboxylic acids is 1. The van der Waals surface area contributed by atoms with Crippen molar-refractivity contribution in [3.63, 3.8) is 0 Å². The molecule has 0 aliphatic rings. The van der Waals surface area contributed by atoms with Gasteiger partial charge in [0, 0.05) is 32.0 Å². The highest BCUT2D eigenvalue weighted by atomic mass is 16.4. The Morgan fingerprint density at radius 2 is 1.86 bits per heavy atom. The summed E-state index contributed by atoms with van der Waals surface area (Å²) >= 11 is 0. The fourth-order valence-electron chi connectivity index (χ4n) is 1.73. The van der Waals surface area contributed by atoms with Crippen LogP contribution >= 0.6 is 0 Å². The summed E-state index contributed by atoms with van der Waals surface area (Å²) in [6.07, 6.45) is -0.204. The van der Waals surface area contributed by atoms with Gasteiger partial charge in [0.25, 0.3) is 0 Å². The molecule has 0 radical (unpaired) electrons. The number of hydrogen-bond acceptors (Lipinski definition) is 5. The number of aliphatic carboxylic acids is 1. The van der Waals surface area contributed by atoms with E-state index < -0.39 is 17.9 Å². The predicted molar refractivity (Wildman–Crippen MR) is 80.5 cm³/mol. The van der Waals surface area contributed by atoms with Gasteiger partial charge < -0.3 is 25.7 Å². The highest BCUT2D eigenvalue weighted by molar-refractivity contribution is 5.94. The third kappa shape index (κ3) is 5.80. The summed E-state index contributed by atoms with van der Waals surface area (Å²) in [4.78, 5) is 24.7. The van der Waals surface area contributed by atoms with Crippen LogP contribution in [0.25, 0.3) is 0 Å². The summed E-state index contributed by atoms with van der Waals surface area (Å²) in [5, 5.41) is 22.9. The molecule has 0 heterocycles. The third-order valence-corrected chi connectivity index (χ3v) is 2.86. The lowest BCUT2D eigenvalue weighted by atomic mass is 10.2. The average Bonchev–Trinajstić information content (AvgIpc) is 2.43. The van der Waals surface area contributed by atoms with Crippen molar-refractivity contribution < 1.29 is 19.8 Å². The van der Waals surface area contributed by atoms with E-state index in [0.29, 0.717) is 5.69 Å². The first-order valence-electron chi connectivity index (χ1n) is 6.58. The minimum atomic E-state index is -1.12. The van der Waals surface area contributed by atoms with Crippen LogP contribution in [0.1, 0.15) is 6.42 Å². The summed E-state index contributed by atoms with van der Waals surface area (Å²) in [5.74, 6) is -1.52. The second kappa shape index (κ2) is 8.23. The fraction of sp³-hybridized carbons (Fsp3) is 0.429. The molecule has 0 aliphatic heterocycles.